The van der Waals surface area contributed by atoms with Gasteiger partial charge in [0.2, 0.25) is 0 Å². The number of ether oxygens (including phenoxy) is 1. The van der Waals surface area contributed by atoms with Crippen molar-refractivity contribution >= 4 is 0 Å². The highest BCUT2D eigenvalue weighted by atomic mass is 16.5. The van der Waals surface area contributed by atoms with Crippen LogP contribution in [-0.4, -0.2) is 31.1 Å². The van der Waals surface area contributed by atoms with Crippen LogP contribution in [0.1, 0.15) is 37.0 Å². The van der Waals surface area contributed by atoms with Crippen LogP contribution in [0.2, 0.25) is 0 Å². The lowest BCUT2D eigenvalue weighted by molar-refractivity contribution is 0.0322. The largest absolute Gasteiger partial charge is 0.497 e. The van der Waals surface area contributed by atoms with Gasteiger partial charge in [0.05, 0.1) is 7.11 Å². The van der Waals surface area contributed by atoms with E-state index in [9.17, 15) is 0 Å². The summed E-state index contributed by atoms with van der Waals surface area (Å²) in [5.41, 5.74) is 4.77. The van der Waals surface area contributed by atoms with Crippen molar-refractivity contribution in [1.82, 2.24) is 4.90 Å². The second-order valence-corrected chi connectivity index (χ2v) is 8.02. The van der Waals surface area contributed by atoms with Crippen LogP contribution in [0, 0.1) is 5.92 Å². The summed E-state index contributed by atoms with van der Waals surface area (Å²) >= 11 is 0. The third-order valence-electron chi connectivity index (χ3n) is 6.86. The molecule has 1 saturated heterocycles. The van der Waals surface area contributed by atoms with Crippen LogP contribution in [0.4, 0.5) is 0 Å². The van der Waals surface area contributed by atoms with Crippen LogP contribution < -0.4 is 4.74 Å². The van der Waals surface area contributed by atoms with Gasteiger partial charge in [-0.25, -0.2) is 0 Å². The SMILES string of the molecule is COc1ccc2c(c1)[C@]1(C)CCN(CCc3ccccc3)[C@@H](C2)[C@H]1C. The number of rotatable bonds is 4. The van der Waals surface area contributed by atoms with Gasteiger partial charge in [0.15, 0.2) is 0 Å². The summed E-state index contributed by atoms with van der Waals surface area (Å²) in [6.45, 7) is 7.30. The van der Waals surface area contributed by atoms with Gasteiger partial charge in [-0.1, -0.05) is 50.2 Å². The van der Waals surface area contributed by atoms with E-state index in [2.05, 4.69) is 67.3 Å². The summed E-state index contributed by atoms with van der Waals surface area (Å²) in [5, 5.41) is 0. The molecule has 2 heteroatoms. The predicted molar refractivity (Wildman–Crippen MR) is 103 cm³/mol. The Labute approximate surface area is 151 Å². The van der Waals surface area contributed by atoms with Crippen LogP contribution in [0.3, 0.4) is 0 Å². The van der Waals surface area contributed by atoms with Gasteiger partial charge in [-0.15, -0.1) is 0 Å². The lowest BCUT2D eigenvalue weighted by Crippen LogP contribution is -2.58. The van der Waals surface area contributed by atoms with Gasteiger partial charge in [0.25, 0.3) is 0 Å². The van der Waals surface area contributed by atoms with Crippen molar-refractivity contribution in [2.24, 2.45) is 5.92 Å². The summed E-state index contributed by atoms with van der Waals surface area (Å²) in [5.74, 6) is 1.67. The smallest absolute Gasteiger partial charge is 0.119 e. The Bertz CT molecular complexity index is 741. The zero-order valence-corrected chi connectivity index (χ0v) is 15.7. The molecule has 3 atom stereocenters. The van der Waals surface area contributed by atoms with Gasteiger partial charge in [-0.3, -0.25) is 4.90 Å². The molecule has 1 aliphatic heterocycles. The van der Waals surface area contributed by atoms with E-state index in [1.165, 1.54) is 42.6 Å². The van der Waals surface area contributed by atoms with E-state index in [1.807, 2.05) is 0 Å². The average molecular weight is 335 g/mol. The fourth-order valence-electron chi connectivity index (χ4n) is 5.01. The molecule has 0 aromatic heterocycles. The molecule has 1 fully saturated rings. The number of hydrogen-bond acceptors (Lipinski definition) is 2. The highest BCUT2D eigenvalue weighted by Gasteiger charge is 2.48. The Morgan fingerprint density at radius 2 is 1.96 bits per heavy atom. The number of nitrogens with zero attached hydrogens (tertiary/aromatic N) is 1. The molecule has 4 rings (SSSR count). The number of piperidine rings is 1. The van der Waals surface area contributed by atoms with Crippen molar-refractivity contribution in [3.05, 3.63) is 65.2 Å². The Balaban J connectivity index is 1.57. The van der Waals surface area contributed by atoms with Crippen LogP contribution in [0.15, 0.2) is 48.5 Å². The maximum absolute atomic E-state index is 5.50. The highest BCUT2D eigenvalue weighted by molar-refractivity contribution is 5.44. The minimum atomic E-state index is 0.274. The molecule has 2 aromatic carbocycles. The van der Waals surface area contributed by atoms with E-state index in [0.717, 1.165) is 12.2 Å². The molecule has 0 spiro atoms. The van der Waals surface area contributed by atoms with Gasteiger partial charge in [0.1, 0.15) is 5.75 Å². The van der Waals surface area contributed by atoms with Crippen molar-refractivity contribution < 1.29 is 4.74 Å². The second-order valence-electron chi connectivity index (χ2n) is 8.02. The van der Waals surface area contributed by atoms with Gasteiger partial charge < -0.3 is 4.74 Å². The Kier molecular flexibility index (Phi) is 4.33. The highest BCUT2D eigenvalue weighted by Crippen LogP contribution is 2.49. The minimum Gasteiger partial charge on any atom is -0.497 e. The quantitative estimate of drug-likeness (QED) is 0.818. The molecule has 0 unspecified atom stereocenters. The summed E-state index contributed by atoms with van der Waals surface area (Å²) in [7, 11) is 1.77. The van der Waals surface area contributed by atoms with Crippen LogP contribution in [-0.2, 0) is 18.3 Å². The van der Waals surface area contributed by atoms with Gasteiger partial charge in [0, 0.05) is 12.6 Å². The van der Waals surface area contributed by atoms with Crippen molar-refractivity contribution in [1.29, 1.82) is 0 Å². The molecule has 1 heterocycles. The molecule has 2 aliphatic rings. The monoisotopic (exact) mass is 335 g/mol. The van der Waals surface area contributed by atoms with Crippen molar-refractivity contribution in [3.8, 4) is 5.75 Å². The van der Waals surface area contributed by atoms with Crippen LogP contribution >= 0.6 is 0 Å². The summed E-state index contributed by atoms with van der Waals surface area (Å²) in [4.78, 5) is 2.74. The molecule has 25 heavy (non-hydrogen) atoms. The Morgan fingerprint density at radius 3 is 2.72 bits per heavy atom. The number of hydrogen-bond donors (Lipinski definition) is 0. The average Bonchev–Trinajstić information content (AvgIpc) is 2.64. The summed E-state index contributed by atoms with van der Waals surface area (Å²) in [6.07, 6.45) is 3.56. The normalized spacial score (nSPS) is 28.4. The van der Waals surface area contributed by atoms with Crippen LogP contribution in [0.5, 0.6) is 5.75 Å². The number of likely N-dealkylation sites (tertiary alicyclic amines) is 1. The molecule has 0 amide bonds. The first-order valence-corrected chi connectivity index (χ1v) is 9.57. The lowest BCUT2D eigenvalue weighted by Gasteiger charge is -2.54. The van der Waals surface area contributed by atoms with E-state index in [1.54, 1.807) is 7.11 Å². The third kappa shape index (κ3) is 2.87. The molecule has 0 saturated carbocycles. The molecule has 2 nitrogen and oxygen atoms in total. The lowest BCUT2D eigenvalue weighted by atomic mass is 9.59. The molecule has 2 aromatic rings. The zero-order chi connectivity index (χ0) is 17.4. The number of fused-ring (bicyclic) bond motifs is 4. The van der Waals surface area contributed by atoms with E-state index < -0.39 is 0 Å². The standard InChI is InChI=1S/C23H29NO/c1-17-22-15-19-9-10-20(25-3)16-21(19)23(17,2)12-14-24(22)13-11-18-7-5-4-6-8-18/h4-10,16-17,22H,11-15H2,1-3H3/t17-,22+,23-/m1/s1. The van der Waals surface area contributed by atoms with E-state index >= 15 is 0 Å². The Hall–Kier alpha value is -1.80. The van der Waals surface area contributed by atoms with E-state index in [0.29, 0.717) is 12.0 Å². The third-order valence-corrected chi connectivity index (χ3v) is 6.86. The van der Waals surface area contributed by atoms with Crippen molar-refractivity contribution in [2.75, 3.05) is 20.2 Å². The first-order valence-electron chi connectivity index (χ1n) is 9.57. The Morgan fingerprint density at radius 1 is 1.16 bits per heavy atom. The molecule has 0 N–H and O–H groups in total. The van der Waals surface area contributed by atoms with E-state index in [4.69, 9.17) is 4.74 Å². The molecule has 0 radical (unpaired) electrons. The van der Waals surface area contributed by atoms with Gasteiger partial charge in [-0.05, 0) is 66.0 Å². The second kappa shape index (κ2) is 6.49. The predicted octanol–water partition coefficient (Wildman–Crippen LogP) is 4.46. The summed E-state index contributed by atoms with van der Waals surface area (Å²) < 4.78 is 5.50. The van der Waals surface area contributed by atoms with Crippen molar-refractivity contribution in [3.63, 3.8) is 0 Å². The maximum atomic E-state index is 5.50. The fourth-order valence-corrected chi connectivity index (χ4v) is 5.01. The molecule has 1 aliphatic carbocycles. The van der Waals surface area contributed by atoms with Gasteiger partial charge >= 0.3 is 0 Å². The van der Waals surface area contributed by atoms with Crippen molar-refractivity contribution in [2.45, 2.75) is 44.6 Å². The fraction of sp³-hybridized carbons (Fsp3) is 0.478. The number of benzene rings is 2. The topological polar surface area (TPSA) is 12.5 Å². The van der Waals surface area contributed by atoms with Crippen LogP contribution in [0.25, 0.3) is 0 Å². The summed E-state index contributed by atoms with van der Waals surface area (Å²) in [6, 6.07) is 18.3. The number of methoxy groups -OCH3 is 1. The first kappa shape index (κ1) is 16.7. The minimum absolute atomic E-state index is 0.274. The molecular weight excluding hydrogens is 306 g/mol. The van der Waals surface area contributed by atoms with Gasteiger partial charge in [-0.2, -0.15) is 0 Å². The molecule has 2 bridgehead atoms. The molecular formula is C23H29NO. The maximum Gasteiger partial charge on any atom is 0.119 e. The molecule has 132 valence electrons. The van der Waals surface area contributed by atoms with E-state index in [-0.39, 0.29) is 5.41 Å². The first-order chi connectivity index (χ1) is 12.1. The zero-order valence-electron chi connectivity index (χ0n) is 15.7.